The van der Waals surface area contributed by atoms with Crippen molar-refractivity contribution in [3.8, 4) is 0 Å². The van der Waals surface area contributed by atoms with Gasteiger partial charge in [0, 0.05) is 44.4 Å². The predicted molar refractivity (Wildman–Crippen MR) is 82.8 cm³/mol. The summed E-state index contributed by atoms with van der Waals surface area (Å²) in [6.07, 6.45) is 1.83. The van der Waals surface area contributed by atoms with Crippen molar-refractivity contribution in [2.75, 3.05) is 26.8 Å². The van der Waals surface area contributed by atoms with Crippen LogP contribution in [0.4, 0.5) is 0 Å². The van der Waals surface area contributed by atoms with Gasteiger partial charge in [0.15, 0.2) is 0 Å². The first-order valence-electron chi connectivity index (χ1n) is 7.06. The van der Waals surface area contributed by atoms with Crippen molar-refractivity contribution in [2.24, 2.45) is 0 Å². The quantitative estimate of drug-likeness (QED) is 0.722. The Balaban J connectivity index is 1.80. The molecular formula is C16H23N3O. The molecule has 0 aliphatic rings. The minimum Gasteiger partial charge on any atom is -0.383 e. The van der Waals surface area contributed by atoms with E-state index in [0.29, 0.717) is 6.04 Å². The summed E-state index contributed by atoms with van der Waals surface area (Å²) in [5, 5.41) is 8.06. The number of hydrogen-bond acceptors (Lipinski definition) is 4. The number of methoxy groups -OCH3 is 1. The molecule has 108 valence electrons. The topological polar surface area (TPSA) is 46.2 Å². The van der Waals surface area contributed by atoms with Gasteiger partial charge in [0.05, 0.1) is 12.1 Å². The predicted octanol–water partition coefficient (Wildman–Crippen LogP) is 1.95. The lowest BCUT2D eigenvalue weighted by Gasteiger charge is -2.15. The van der Waals surface area contributed by atoms with Crippen LogP contribution in [0, 0.1) is 0 Å². The number of rotatable bonds is 8. The van der Waals surface area contributed by atoms with Crippen molar-refractivity contribution in [3.05, 3.63) is 42.1 Å². The molecule has 0 spiro atoms. The van der Waals surface area contributed by atoms with Crippen molar-refractivity contribution in [1.29, 1.82) is 0 Å². The van der Waals surface area contributed by atoms with Gasteiger partial charge in [0.2, 0.25) is 0 Å². The van der Waals surface area contributed by atoms with Gasteiger partial charge in [0.1, 0.15) is 0 Å². The van der Waals surface area contributed by atoms with E-state index in [1.165, 1.54) is 10.9 Å². The molecule has 2 rings (SSSR count). The Labute approximate surface area is 120 Å². The number of hydrogen-bond donors (Lipinski definition) is 2. The van der Waals surface area contributed by atoms with Crippen molar-refractivity contribution in [1.82, 2.24) is 15.6 Å². The highest BCUT2D eigenvalue weighted by molar-refractivity contribution is 5.78. The Morgan fingerprint density at radius 2 is 2.20 bits per heavy atom. The van der Waals surface area contributed by atoms with Crippen LogP contribution < -0.4 is 10.6 Å². The van der Waals surface area contributed by atoms with Crippen LogP contribution in [-0.2, 0) is 11.3 Å². The largest absolute Gasteiger partial charge is 0.383 e. The molecule has 0 bridgehead atoms. The molecule has 0 saturated carbocycles. The van der Waals surface area contributed by atoms with Crippen LogP contribution in [0.2, 0.25) is 0 Å². The molecule has 0 fully saturated rings. The average Bonchev–Trinajstić information content (AvgIpc) is 2.49. The second-order valence-electron chi connectivity index (χ2n) is 5.01. The fourth-order valence-corrected chi connectivity index (χ4v) is 2.09. The van der Waals surface area contributed by atoms with Gasteiger partial charge >= 0.3 is 0 Å². The summed E-state index contributed by atoms with van der Waals surface area (Å²) >= 11 is 0. The second-order valence-corrected chi connectivity index (χ2v) is 5.01. The summed E-state index contributed by atoms with van der Waals surface area (Å²) in [4.78, 5) is 4.33. The van der Waals surface area contributed by atoms with Crippen LogP contribution in [-0.4, -0.2) is 37.8 Å². The Morgan fingerprint density at radius 1 is 1.30 bits per heavy atom. The fraction of sp³-hybridized carbons (Fsp3) is 0.438. The van der Waals surface area contributed by atoms with E-state index in [1.807, 2.05) is 12.3 Å². The van der Waals surface area contributed by atoms with Crippen LogP contribution in [0.1, 0.15) is 12.5 Å². The molecule has 0 aliphatic heterocycles. The lowest BCUT2D eigenvalue weighted by atomic mass is 10.1. The zero-order valence-corrected chi connectivity index (χ0v) is 12.2. The number of benzene rings is 1. The van der Waals surface area contributed by atoms with Crippen LogP contribution in [0.5, 0.6) is 0 Å². The third-order valence-corrected chi connectivity index (χ3v) is 3.26. The van der Waals surface area contributed by atoms with Crippen molar-refractivity contribution < 1.29 is 4.74 Å². The maximum Gasteiger partial charge on any atom is 0.0702 e. The maximum absolute atomic E-state index is 5.00. The van der Waals surface area contributed by atoms with E-state index in [1.54, 1.807) is 7.11 Å². The number of ether oxygens (including phenoxy) is 1. The van der Waals surface area contributed by atoms with Gasteiger partial charge < -0.3 is 15.4 Å². The summed E-state index contributed by atoms with van der Waals surface area (Å²) in [5.41, 5.74) is 2.33. The summed E-state index contributed by atoms with van der Waals surface area (Å²) < 4.78 is 5.00. The fourth-order valence-electron chi connectivity index (χ4n) is 2.09. The molecule has 2 aromatic rings. The lowest BCUT2D eigenvalue weighted by Crippen LogP contribution is -2.37. The Morgan fingerprint density at radius 3 is 3.05 bits per heavy atom. The number of nitrogens with zero attached hydrogens (tertiary/aromatic N) is 1. The van der Waals surface area contributed by atoms with E-state index in [-0.39, 0.29) is 0 Å². The highest BCUT2D eigenvalue weighted by Crippen LogP contribution is 2.13. The van der Waals surface area contributed by atoms with Gasteiger partial charge in [-0.25, -0.2) is 0 Å². The zero-order valence-electron chi connectivity index (χ0n) is 12.2. The Kier molecular flexibility index (Phi) is 5.92. The van der Waals surface area contributed by atoms with Crippen LogP contribution in [0.3, 0.4) is 0 Å². The molecule has 4 heteroatoms. The first-order chi connectivity index (χ1) is 9.79. The molecule has 1 aromatic carbocycles. The van der Waals surface area contributed by atoms with E-state index < -0.39 is 0 Å². The molecule has 0 radical (unpaired) electrons. The summed E-state index contributed by atoms with van der Waals surface area (Å²) in [6.45, 7) is 5.65. The summed E-state index contributed by atoms with van der Waals surface area (Å²) in [7, 11) is 1.72. The number of pyridine rings is 1. The number of aromatic nitrogens is 1. The number of nitrogens with one attached hydrogen (secondary N) is 2. The van der Waals surface area contributed by atoms with Crippen LogP contribution >= 0.6 is 0 Å². The second kappa shape index (κ2) is 7.94. The van der Waals surface area contributed by atoms with E-state index in [4.69, 9.17) is 4.74 Å². The summed E-state index contributed by atoms with van der Waals surface area (Å²) in [5.74, 6) is 0. The molecule has 1 aromatic heterocycles. The average molecular weight is 273 g/mol. The monoisotopic (exact) mass is 273 g/mol. The first kappa shape index (κ1) is 14.9. The highest BCUT2D eigenvalue weighted by atomic mass is 16.5. The minimum absolute atomic E-state index is 0.427. The highest BCUT2D eigenvalue weighted by Gasteiger charge is 2.02. The Bertz CT molecular complexity index is 530. The SMILES string of the molecule is COCCNCC(C)NCc1ccc2ncccc2c1. The van der Waals surface area contributed by atoms with Crippen molar-refractivity contribution >= 4 is 10.9 Å². The molecule has 0 saturated heterocycles. The van der Waals surface area contributed by atoms with Crippen LogP contribution in [0.25, 0.3) is 10.9 Å². The molecule has 1 unspecified atom stereocenters. The van der Waals surface area contributed by atoms with Crippen molar-refractivity contribution in [2.45, 2.75) is 19.5 Å². The van der Waals surface area contributed by atoms with E-state index >= 15 is 0 Å². The van der Waals surface area contributed by atoms with Crippen LogP contribution in [0.15, 0.2) is 36.5 Å². The molecule has 4 nitrogen and oxygen atoms in total. The zero-order chi connectivity index (χ0) is 14.2. The molecule has 1 heterocycles. The van der Waals surface area contributed by atoms with Gasteiger partial charge in [-0.05, 0) is 30.7 Å². The number of fused-ring (bicyclic) bond motifs is 1. The third kappa shape index (κ3) is 4.56. The molecule has 2 N–H and O–H groups in total. The maximum atomic E-state index is 5.00. The van der Waals surface area contributed by atoms with E-state index in [9.17, 15) is 0 Å². The van der Waals surface area contributed by atoms with E-state index in [0.717, 1.165) is 31.8 Å². The smallest absolute Gasteiger partial charge is 0.0702 e. The van der Waals surface area contributed by atoms with Gasteiger partial charge in [-0.15, -0.1) is 0 Å². The lowest BCUT2D eigenvalue weighted by molar-refractivity contribution is 0.198. The van der Waals surface area contributed by atoms with Gasteiger partial charge in [0.25, 0.3) is 0 Å². The van der Waals surface area contributed by atoms with Gasteiger partial charge in [-0.2, -0.15) is 0 Å². The molecular weight excluding hydrogens is 250 g/mol. The van der Waals surface area contributed by atoms with E-state index in [2.05, 4.69) is 46.8 Å². The summed E-state index contributed by atoms with van der Waals surface area (Å²) in [6, 6.07) is 10.9. The standard InChI is InChI=1S/C16H23N3O/c1-13(11-17-8-9-20-2)19-12-14-5-6-16-15(10-14)4-3-7-18-16/h3-7,10,13,17,19H,8-9,11-12H2,1-2H3. The Hall–Kier alpha value is -1.49. The normalized spacial score (nSPS) is 12.7. The first-order valence-corrected chi connectivity index (χ1v) is 7.06. The molecule has 1 atom stereocenters. The minimum atomic E-state index is 0.427. The molecule has 0 amide bonds. The molecule has 20 heavy (non-hydrogen) atoms. The van der Waals surface area contributed by atoms with Gasteiger partial charge in [-0.3, -0.25) is 4.98 Å². The van der Waals surface area contributed by atoms with Crippen molar-refractivity contribution in [3.63, 3.8) is 0 Å². The van der Waals surface area contributed by atoms with Gasteiger partial charge in [-0.1, -0.05) is 12.1 Å². The third-order valence-electron chi connectivity index (χ3n) is 3.26. The molecule has 0 aliphatic carbocycles.